The molecule has 1 rings (SSSR count). The maximum atomic E-state index is 11.4. The van der Waals surface area contributed by atoms with Crippen molar-refractivity contribution in [1.82, 2.24) is 10.5 Å². The quantitative estimate of drug-likeness (QED) is 0.736. The van der Waals surface area contributed by atoms with Crippen LogP contribution in [-0.4, -0.2) is 29.1 Å². The van der Waals surface area contributed by atoms with Gasteiger partial charge in [-0.05, 0) is 18.4 Å². The first-order valence-electron chi connectivity index (χ1n) is 4.66. The third kappa shape index (κ3) is 4.35. The fraction of sp³-hybridized carbons (Fsp3) is 0.556. The Balaban J connectivity index is 2.23. The second-order valence-electron chi connectivity index (χ2n) is 3.08. The van der Waals surface area contributed by atoms with Crippen molar-refractivity contribution in [3.8, 4) is 0 Å². The van der Waals surface area contributed by atoms with Crippen LogP contribution in [0.1, 0.15) is 12.2 Å². The van der Waals surface area contributed by atoms with Gasteiger partial charge in [0.15, 0.2) is 5.76 Å². The lowest BCUT2D eigenvalue weighted by molar-refractivity contribution is -0.122. The molecule has 1 amide bonds. The number of nitrogens with one attached hydrogen (secondary N) is 1. The van der Waals surface area contributed by atoms with Gasteiger partial charge in [0, 0.05) is 6.07 Å². The van der Waals surface area contributed by atoms with Crippen LogP contribution in [0.15, 0.2) is 16.8 Å². The lowest BCUT2D eigenvalue weighted by Gasteiger charge is -2.10. The third-order valence-corrected chi connectivity index (χ3v) is 2.54. The first kappa shape index (κ1) is 12.1. The zero-order valence-corrected chi connectivity index (χ0v) is 9.42. The van der Waals surface area contributed by atoms with Crippen molar-refractivity contribution in [1.29, 1.82) is 0 Å². The zero-order chi connectivity index (χ0) is 11.1. The first-order valence-corrected chi connectivity index (χ1v) is 6.05. The molecule has 0 aliphatic heterocycles. The van der Waals surface area contributed by atoms with Crippen molar-refractivity contribution < 1.29 is 9.32 Å². The number of nitrogens with two attached hydrogens (primary N) is 1. The number of aromatic nitrogens is 1. The van der Waals surface area contributed by atoms with Crippen LogP contribution in [0, 0.1) is 0 Å². The Labute approximate surface area is 92.8 Å². The SMILES string of the molecule is CSCC[C@H](N)C(=O)NCc1ccno1. The fourth-order valence-electron chi connectivity index (χ4n) is 1.01. The second kappa shape index (κ2) is 6.47. The van der Waals surface area contributed by atoms with Gasteiger partial charge in [-0.15, -0.1) is 0 Å². The van der Waals surface area contributed by atoms with E-state index in [0.717, 1.165) is 5.75 Å². The number of rotatable bonds is 6. The summed E-state index contributed by atoms with van der Waals surface area (Å²) in [4.78, 5) is 11.4. The lowest BCUT2D eigenvalue weighted by Crippen LogP contribution is -2.40. The monoisotopic (exact) mass is 229 g/mol. The minimum Gasteiger partial charge on any atom is -0.360 e. The van der Waals surface area contributed by atoms with E-state index in [4.69, 9.17) is 10.3 Å². The van der Waals surface area contributed by atoms with E-state index in [0.29, 0.717) is 18.7 Å². The van der Waals surface area contributed by atoms with Crippen molar-refractivity contribution in [3.63, 3.8) is 0 Å². The van der Waals surface area contributed by atoms with Crippen LogP contribution in [0.5, 0.6) is 0 Å². The van der Waals surface area contributed by atoms with Crippen LogP contribution in [0.2, 0.25) is 0 Å². The fourth-order valence-corrected chi connectivity index (χ4v) is 1.50. The summed E-state index contributed by atoms with van der Waals surface area (Å²) in [7, 11) is 0. The van der Waals surface area contributed by atoms with Gasteiger partial charge >= 0.3 is 0 Å². The van der Waals surface area contributed by atoms with Crippen LogP contribution < -0.4 is 11.1 Å². The highest BCUT2D eigenvalue weighted by Crippen LogP contribution is 2.00. The number of hydrogen-bond acceptors (Lipinski definition) is 5. The number of carbonyl (C=O) groups is 1. The van der Waals surface area contributed by atoms with Gasteiger partial charge in [0.25, 0.3) is 0 Å². The predicted octanol–water partition coefficient (Wildman–Crippen LogP) is 0.371. The van der Waals surface area contributed by atoms with E-state index in [-0.39, 0.29) is 5.91 Å². The molecule has 1 aromatic heterocycles. The highest BCUT2D eigenvalue weighted by molar-refractivity contribution is 7.98. The molecule has 1 heterocycles. The van der Waals surface area contributed by atoms with Gasteiger partial charge in [-0.2, -0.15) is 11.8 Å². The van der Waals surface area contributed by atoms with Crippen LogP contribution in [-0.2, 0) is 11.3 Å². The van der Waals surface area contributed by atoms with Gasteiger partial charge in [0.2, 0.25) is 5.91 Å². The predicted molar refractivity (Wildman–Crippen MR) is 59.3 cm³/mol. The molecule has 3 N–H and O–H groups in total. The standard InChI is InChI=1S/C9H15N3O2S/c1-15-5-3-8(10)9(13)11-6-7-2-4-12-14-7/h2,4,8H,3,5-6,10H2,1H3,(H,11,13)/t8-/m0/s1. The number of hydrogen-bond donors (Lipinski definition) is 2. The Kier molecular flexibility index (Phi) is 5.20. The molecule has 0 radical (unpaired) electrons. The van der Waals surface area contributed by atoms with E-state index >= 15 is 0 Å². The molecule has 0 aliphatic carbocycles. The molecule has 15 heavy (non-hydrogen) atoms. The normalized spacial score (nSPS) is 12.4. The van der Waals surface area contributed by atoms with E-state index in [1.165, 1.54) is 6.20 Å². The van der Waals surface area contributed by atoms with E-state index in [2.05, 4.69) is 10.5 Å². The number of nitrogens with zero attached hydrogens (tertiary/aromatic N) is 1. The molecule has 0 saturated carbocycles. The average molecular weight is 229 g/mol. The highest BCUT2D eigenvalue weighted by atomic mass is 32.2. The molecule has 0 spiro atoms. The molecule has 0 unspecified atom stereocenters. The largest absolute Gasteiger partial charge is 0.360 e. The Hall–Kier alpha value is -1.01. The number of amides is 1. The molecule has 1 atom stereocenters. The van der Waals surface area contributed by atoms with E-state index < -0.39 is 6.04 Å². The van der Waals surface area contributed by atoms with Gasteiger partial charge in [0.1, 0.15) is 0 Å². The van der Waals surface area contributed by atoms with Gasteiger partial charge in [-0.1, -0.05) is 5.16 Å². The number of carbonyl (C=O) groups excluding carboxylic acids is 1. The third-order valence-electron chi connectivity index (χ3n) is 1.90. The van der Waals surface area contributed by atoms with Crippen LogP contribution in [0.25, 0.3) is 0 Å². The molecule has 0 aliphatic rings. The maximum absolute atomic E-state index is 11.4. The minimum atomic E-state index is -0.444. The Bertz CT molecular complexity index is 290. The smallest absolute Gasteiger partial charge is 0.237 e. The van der Waals surface area contributed by atoms with Crippen LogP contribution >= 0.6 is 11.8 Å². The topological polar surface area (TPSA) is 81.2 Å². The molecule has 0 saturated heterocycles. The van der Waals surface area contributed by atoms with Crippen molar-refractivity contribution in [3.05, 3.63) is 18.0 Å². The summed E-state index contributed by atoms with van der Waals surface area (Å²) in [6.45, 7) is 0.339. The maximum Gasteiger partial charge on any atom is 0.237 e. The van der Waals surface area contributed by atoms with Crippen LogP contribution in [0.4, 0.5) is 0 Å². The summed E-state index contributed by atoms with van der Waals surface area (Å²) in [6, 6.07) is 1.26. The Morgan fingerprint density at radius 2 is 2.60 bits per heavy atom. The second-order valence-corrected chi connectivity index (χ2v) is 4.07. The molecule has 0 bridgehead atoms. The molecule has 5 nitrogen and oxygen atoms in total. The summed E-state index contributed by atoms with van der Waals surface area (Å²) in [5, 5.41) is 6.22. The molecular formula is C9H15N3O2S. The van der Waals surface area contributed by atoms with Gasteiger partial charge in [-0.3, -0.25) is 4.79 Å². The summed E-state index contributed by atoms with van der Waals surface area (Å²) in [5.41, 5.74) is 5.67. The molecular weight excluding hydrogens is 214 g/mol. The Morgan fingerprint density at radius 3 is 3.20 bits per heavy atom. The zero-order valence-electron chi connectivity index (χ0n) is 8.60. The van der Waals surface area contributed by atoms with E-state index in [1.807, 2.05) is 6.26 Å². The van der Waals surface area contributed by atoms with Crippen molar-refractivity contribution >= 4 is 17.7 Å². The molecule has 0 aromatic carbocycles. The van der Waals surface area contributed by atoms with E-state index in [9.17, 15) is 4.79 Å². The molecule has 1 aromatic rings. The summed E-state index contributed by atoms with van der Waals surface area (Å²) < 4.78 is 4.84. The highest BCUT2D eigenvalue weighted by Gasteiger charge is 2.12. The molecule has 6 heteroatoms. The summed E-state index contributed by atoms with van der Waals surface area (Å²) in [5.74, 6) is 1.36. The Morgan fingerprint density at radius 1 is 1.80 bits per heavy atom. The van der Waals surface area contributed by atoms with Crippen LogP contribution in [0.3, 0.4) is 0 Å². The van der Waals surface area contributed by atoms with Crippen molar-refractivity contribution in [2.75, 3.05) is 12.0 Å². The summed E-state index contributed by atoms with van der Waals surface area (Å²) >= 11 is 1.67. The van der Waals surface area contributed by atoms with Gasteiger partial charge in [-0.25, -0.2) is 0 Å². The molecule has 84 valence electrons. The first-order chi connectivity index (χ1) is 7.24. The summed E-state index contributed by atoms with van der Waals surface area (Å²) in [6.07, 6.45) is 4.21. The van der Waals surface area contributed by atoms with Crippen molar-refractivity contribution in [2.45, 2.75) is 19.0 Å². The minimum absolute atomic E-state index is 0.152. The lowest BCUT2D eigenvalue weighted by atomic mass is 10.2. The van der Waals surface area contributed by atoms with Crippen molar-refractivity contribution in [2.24, 2.45) is 5.73 Å². The molecule has 0 fully saturated rings. The van der Waals surface area contributed by atoms with Gasteiger partial charge < -0.3 is 15.6 Å². The van der Waals surface area contributed by atoms with Gasteiger partial charge in [0.05, 0.1) is 18.8 Å². The average Bonchev–Trinajstić information content (AvgIpc) is 2.75. The van der Waals surface area contributed by atoms with E-state index in [1.54, 1.807) is 17.8 Å². The number of thioether (sulfide) groups is 1.